The number of aromatic nitrogens is 2. The van der Waals surface area contributed by atoms with E-state index in [0.29, 0.717) is 67.5 Å². The molecule has 2 saturated heterocycles. The molecular weight excluding hydrogens is 1390 g/mol. The van der Waals surface area contributed by atoms with Gasteiger partial charge in [0.1, 0.15) is 69.2 Å². The van der Waals surface area contributed by atoms with Crippen LogP contribution in [0.2, 0.25) is 5.15 Å². The highest BCUT2D eigenvalue weighted by molar-refractivity contribution is 7.91. The normalized spacial score (nSPS) is 24.6. The fraction of sp³-hybridized carbons (Fsp3) is 0.583. The van der Waals surface area contributed by atoms with Crippen molar-refractivity contribution in [3.63, 3.8) is 0 Å². The molecule has 7 N–H and O–H groups in total. The minimum atomic E-state index is -3.90. The number of rotatable bonds is 18. The third kappa shape index (κ3) is 17.6. The summed E-state index contributed by atoms with van der Waals surface area (Å²) in [5, 5.41) is 24.0. The van der Waals surface area contributed by atoms with Crippen molar-refractivity contribution in [2.45, 2.75) is 216 Å². The molecule has 0 spiro atoms. The predicted octanol–water partition coefficient (Wildman–Crippen LogP) is 6.51. The number of halogens is 1. The molecule has 4 aromatic rings. The molecule has 6 heterocycles. The van der Waals surface area contributed by atoms with Crippen LogP contribution in [0.25, 0.3) is 21.5 Å². The number of hydrogen-bond donors (Lipinski definition) is 7. The monoisotopic (exact) mass is 1490 g/mol. The van der Waals surface area contributed by atoms with Gasteiger partial charge in [-0.2, -0.15) is 0 Å². The number of pyridine rings is 2. The van der Waals surface area contributed by atoms with Crippen molar-refractivity contribution in [3.8, 4) is 17.4 Å². The third-order valence-corrected chi connectivity index (χ3v) is 22.9. The van der Waals surface area contributed by atoms with Gasteiger partial charge in [-0.1, -0.05) is 108 Å². The van der Waals surface area contributed by atoms with Crippen LogP contribution < -0.4 is 44.9 Å². The van der Waals surface area contributed by atoms with Gasteiger partial charge in [-0.15, -0.1) is 13.2 Å². The molecule has 2 unspecified atom stereocenters. The van der Waals surface area contributed by atoms with E-state index in [1.54, 1.807) is 83.1 Å². The maximum Gasteiger partial charge on any atom is 0.408 e. The topological polar surface area (TPSA) is 376 Å². The summed E-state index contributed by atoms with van der Waals surface area (Å²) in [6, 6.07) is 11.0. The average Bonchev–Trinajstić information content (AvgIpc) is 1.58. The standard InChI is InChI=1S/C36H47N5O9S.C25H40N4O8S.C11H8ClNO/c1-8-20-18-36(20,32(44)40-51(46,47)22-13-14-22)39-29(42)26-17-21(49-30-24-12-10-9-11-23(24)27-25(37-30)15-16-48-27)19-41(26)31(43)28(34(2,3)4)38-33(45)50-35(5,6)7;1-8-14-12-25(14,21(33)28-38(35,36)16-9-10-16)27-19(31)17-11-15(30)13-29(17)20(32)18(23(2,3)4)26-22(34)37-24(5,6)7;12-11-8-4-2-1-3-7(8)10-9(13-11)5-6-14-10/h8-12,20-22,26,28H,1,13-19H2,2-7H3,(H,38,45)(H,39,42)(H,40,44);8,14-18,30H,1,9-13H2,2-7H3,(H,26,34)(H,27,31)(H,28,33);1-4H,5-6H2/t20?,21-,26+,28-,36-;14?,15-,17+,18-,25-;/m11./s1. The van der Waals surface area contributed by atoms with Crippen LogP contribution in [0.3, 0.4) is 0 Å². The first kappa shape index (κ1) is 77.3. The Labute approximate surface area is 605 Å². The molecule has 560 valence electrons. The SMILES string of the molecule is C=CC1C[C@]1(NC(=O)[C@@H]1C[C@@H](O)CN1C(=O)[C@@H](NC(=O)OC(C)(C)C)C(C)(C)C)C(=O)NS(=O)(=O)C1CC1.C=CC1C[C@]1(NC(=O)[C@@H]1C[C@@H](Oc2nc3c(c4ccccc24)OCC3)CN1C(=O)[C@@H](NC(=O)OC(C)(C)C)C(C)(C)C)C(=O)NS(=O)(=O)C1CC1.Clc1nc2c(c3ccccc13)OCC2. The largest absolute Gasteiger partial charge is 0.491 e. The van der Waals surface area contributed by atoms with Crippen molar-refractivity contribution < 1.29 is 84.0 Å². The minimum absolute atomic E-state index is 0.0291. The zero-order valence-electron chi connectivity index (χ0n) is 60.2. The van der Waals surface area contributed by atoms with Gasteiger partial charge < -0.3 is 59.9 Å². The van der Waals surface area contributed by atoms with Gasteiger partial charge in [0.2, 0.25) is 49.6 Å². The number of sulfonamides is 2. The molecule has 12 rings (SSSR count). The van der Waals surface area contributed by atoms with Gasteiger partial charge in [0.25, 0.3) is 11.8 Å². The number of aliphatic hydroxyl groups is 1. The second kappa shape index (κ2) is 28.9. The van der Waals surface area contributed by atoms with E-state index in [1.807, 2.05) is 48.5 Å². The first-order valence-electron chi connectivity index (χ1n) is 34.7. The number of ether oxygens (including phenoxy) is 5. The van der Waals surface area contributed by atoms with Gasteiger partial charge in [-0.25, -0.2) is 36.4 Å². The fourth-order valence-corrected chi connectivity index (χ4v) is 16.1. The molecule has 2 aromatic heterocycles. The summed E-state index contributed by atoms with van der Waals surface area (Å²) in [5.74, 6) is -3.27. The summed E-state index contributed by atoms with van der Waals surface area (Å²) >= 11 is 6.07. The summed E-state index contributed by atoms with van der Waals surface area (Å²) in [5.41, 5.74) is -4.54. The molecular formula is C72H95ClN10O18S2. The van der Waals surface area contributed by atoms with Crippen molar-refractivity contribution in [3.05, 3.63) is 90.4 Å². The smallest absolute Gasteiger partial charge is 0.408 e. The van der Waals surface area contributed by atoms with Gasteiger partial charge in [-0.05, 0) is 97.0 Å². The second-order valence-corrected chi connectivity index (χ2v) is 36.1. The first-order chi connectivity index (χ1) is 48.0. The molecule has 8 aliphatic rings. The van der Waals surface area contributed by atoms with E-state index in [-0.39, 0.29) is 38.8 Å². The molecule has 2 aromatic carbocycles. The van der Waals surface area contributed by atoms with Gasteiger partial charge in [0.05, 0.1) is 47.8 Å². The Balaban J connectivity index is 0.000000191. The molecule has 4 aliphatic carbocycles. The summed E-state index contributed by atoms with van der Waals surface area (Å²) in [4.78, 5) is 119. The van der Waals surface area contributed by atoms with Crippen LogP contribution in [0.15, 0.2) is 73.8 Å². The van der Waals surface area contributed by atoms with E-state index >= 15 is 0 Å². The quantitative estimate of drug-likeness (QED) is 0.0412. The summed E-state index contributed by atoms with van der Waals surface area (Å²) < 4.78 is 82.9. The number of amides is 8. The number of hydrogen-bond acceptors (Lipinski definition) is 20. The van der Waals surface area contributed by atoms with Gasteiger partial charge >= 0.3 is 12.2 Å². The van der Waals surface area contributed by atoms with Crippen LogP contribution >= 0.6 is 11.6 Å². The van der Waals surface area contributed by atoms with Crippen LogP contribution in [0.1, 0.15) is 146 Å². The number of fused-ring (bicyclic) bond motifs is 6. The van der Waals surface area contributed by atoms with Crippen molar-refractivity contribution in [1.29, 1.82) is 0 Å². The van der Waals surface area contributed by atoms with Crippen molar-refractivity contribution in [2.24, 2.45) is 22.7 Å². The van der Waals surface area contributed by atoms with Crippen LogP contribution in [0, 0.1) is 22.7 Å². The average molecular weight is 1490 g/mol. The highest BCUT2D eigenvalue weighted by Gasteiger charge is 2.64. The summed E-state index contributed by atoms with van der Waals surface area (Å²) in [6.45, 7) is 29.2. The lowest BCUT2D eigenvalue weighted by Gasteiger charge is -2.36. The van der Waals surface area contributed by atoms with E-state index < -0.39 is 159 Å². The zero-order valence-corrected chi connectivity index (χ0v) is 62.6. The van der Waals surface area contributed by atoms with Gasteiger partial charge in [0.15, 0.2) is 0 Å². The van der Waals surface area contributed by atoms with E-state index in [1.165, 1.54) is 22.0 Å². The minimum Gasteiger partial charge on any atom is -0.491 e. The van der Waals surface area contributed by atoms with Crippen LogP contribution in [0.4, 0.5) is 9.59 Å². The summed E-state index contributed by atoms with van der Waals surface area (Å²) in [7, 11) is -7.74. The van der Waals surface area contributed by atoms with E-state index in [0.717, 1.165) is 39.7 Å². The number of nitrogens with zero attached hydrogens (tertiary/aromatic N) is 4. The van der Waals surface area contributed by atoms with Crippen LogP contribution in [-0.4, -0.2) is 185 Å². The number of aliphatic hydroxyl groups excluding tert-OH is 1. The molecule has 0 bridgehead atoms. The van der Waals surface area contributed by atoms with Crippen molar-refractivity contribution in [2.75, 3.05) is 26.3 Å². The number of alkyl carbamates (subject to hydrolysis) is 2. The molecule has 103 heavy (non-hydrogen) atoms. The highest BCUT2D eigenvalue weighted by atomic mass is 35.5. The second-order valence-electron chi connectivity index (χ2n) is 31.8. The zero-order chi connectivity index (χ0) is 75.5. The third-order valence-electron chi connectivity index (χ3n) is 19.0. The fourth-order valence-electron chi connectivity index (χ4n) is 13.1. The molecule has 31 heteroatoms. The van der Waals surface area contributed by atoms with Gasteiger partial charge in [-0.3, -0.25) is 38.2 Å². The molecule has 4 saturated carbocycles. The maximum atomic E-state index is 14.5. The maximum absolute atomic E-state index is 14.5. The lowest BCUT2D eigenvalue weighted by Crippen LogP contribution is -2.60. The summed E-state index contributed by atoms with van der Waals surface area (Å²) in [6.07, 6.45) is 3.22. The number of likely N-dealkylation sites (tertiary alicyclic amines) is 2. The number of nitrogens with one attached hydrogen (secondary N) is 6. The van der Waals surface area contributed by atoms with E-state index in [9.17, 15) is 60.3 Å². The number of β-amino-alcohol motifs (C(OH)–C–C–N with tert-alkyl or cyclic N) is 1. The van der Waals surface area contributed by atoms with Crippen LogP contribution in [-0.2, 0) is 71.1 Å². The van der Waals surface area contributed by atoms with Gasteiger partial charge in [0, 0.05) is 65.6 Å². The van der Waals surface area contributed by atoms with E-state index in [4.69, 9.17) is 40.3 Å². The number of carbonyl (C=O) groups is 8. The van der Waals surface area contributed by atoms with Crippen LogP contribution in [0.5, 0.6) is 17.4 Å². The Morgan fingerprint density at radius 2 is 1.00 bits per heavy atom. The Morgan fingerprint density at radius 3 is 1.41 bits per heavy atom. The molecule has 4 aliphatic heterocycles. The van der Waals surface area contributed by atoms with Crippen molar-refractivity contribution >= 4 is 101 Å². The molecule has 6 fully saturated rings. The highest BCUT2D eigenvalue weighted by Crippen LogP contribution is 2.48. The number of carbonyl (C=O) groups excluding carboxylic acids is 8. The molecule has 8 amide bonds. The predicted molar refractivity (Wildman–Crippen MR) is 381 cm³/mol. The number of benzene rings is 2. The van der Waals surface area contributed by atoms with E-state index in [2.05, 4.69) is 48.9 Å². The lowest BCUT2D eigenvalue weighted by atomic mass is 9.85. The molecule has 10 atom stereocenters. The Morgan fingerprint density at radius 1 is 0.602 bits per heavy atom. The lowest BCUT2D eigenvalue weighted by molar-refractivity contribution is -0.143. The first-order valence-corrected chi connectivity index (χ1v) is 38.2. The Kier molecular flexibility index (Phi) is 21.7. The van der Waals surface area contributed by atoms with Crippen molar-refractivity contribution in [1.82, 2.24) is 50.5 Å². The molecule has 28 nitrogen and oxygen atoms in total. The Bertz CT molecular complexity index is 4290. The Hall–Kier alpha value is -8.35. The molecule has 0 radical (unpaired) electrons.